The summed E-state index contributed by atoms with van der Waals surface area (Å²) in [5.74, 6) is 0. The Hall–Kier alpha value is 0.0900. The van der Waals surface area contributed by atoms with Crippen molar-refractivity contribution in [2.45, 2.75) is 6.04 Å². The Kier molecular flexibility index (Phi) is 3.82. The Bertz CT molecular complexity index is 456. The molecule has 0 aliphatic carbocycles. The largest absolute Gasteiger partial charge is 0.320 e. The second kappa shape index (κ2) is 4.95. The number of rotatable bonds is 2. The number of benzene rings is 1. The standard InChI is InChI=1S/C11H9BrINS/c12-10-2-1-8(13)5-9(10)11(14)7-3-4-15-6-7/h1-6,11H,14H2. The molecule has 0 radical (unpaired) electrons. The average Bonchev–Trinajstić information content (AvgIpc) is 2.74. The molecule has 0 bridgehead atoms. The molecule has 1 heterocycles. The maximum atomic E-state index is 6.20. The summed E-state index contributed by atoms with van der Waals surface area (Å²) in [6.07, 6.45) is 0. The Morgan fingerprint density at radius 2 is 2.13 bits per heavy atom. The van der Waals surface area contributed by atoms with E-state index in [-0.39, 0.29) is 6.04 Å². The first-order chi connectivity index (χ1) is 7.18. The van der Waals surface area contributed by atoms with Gasteiger partial charge in [0.2, 0.25) is 0 Å². The third-order valence-electron chi connectivity index (χ3n) is 2.20. The van der Waals surface area contributed by atoms with E-state index < -0.39 is 0 Å². The quantitative estimate of drug-likeness (QED) is 0.761. The van der Waals surface area contributed by atoms with Crippen LogP contribution in [0.25, 0.3) is 0 Å². The van der Waals surface area contributed by atoms with Gasteiger partial charge in [-0.15, -0.1) is 0 Å². The lowest BCUT2D eigenvalue weighted by molar-refractivity contribution is 0.870. The van der Waals surface area contributed by atoms with Gasteiger partial charge < -0.3 is 5.73 Å². The molecule has 1 aromatic carbocycles. The zero-order valence-electron chi connectivity index (χ0n) is 7.78. The predicted molar refractivity (Wildman–Crippen MR) is 77.2 cm³/mol. The summed E-state index contributed by atoms with van der Waals surface area (Å²) in [5.41, 5.74) is 8.51. The maximum Gasteiger partial charge on any atom is 0.0571 e. The summed E-state index contributed by atoms with van der Waals surface area (Å²) < 4.78 is 2.28. The van der Waals surface area contributed by atoms with Crippen LogP contribution in [0.2, 0.25) is 0 Å². The minimum atomic E-state index is -0.0414. The molecular formula is C11H9BrINS. The highest BCUT2D eigenvalue weighted by Gasteiger charge is 2.12. The van der Waals surface area contributed by atoms with Gasteiger partial charge in [0.1, 0.15) is 0 Å². The lowest BCUT2D eigenvalue weighted by atomic mass is 10.0. The predicted octanol–water partition coefficient (Wildman–Crippen LogP) is 4.16. The van der Waals surface area contributed by atoms with E-state index >= 15 is 0 Å². The Labute approximate surface area is 115 Å². The van der Waals surface area contributed by atoms with Crippen LogP contribution in [-0.2, 0) is 0 Å². The Balaban J connectivity index is 2.41. The van der Waals surface area contributed by atoms with Crippen molar-refractivity contribution < 1.29 is 0 Å². The Morgan fingerprint density at radius 3 is 2.80 bits per heavy atom. The highest BCUT2D eigenvalue weighted by molar-refractivity contribution is 14.1. The van der Waals surface area contributed by atoms with Crippen LogP contribution in [0.15, 0.2) is 39.5 Å². The van der Waals surface area contributed by atoms with Gasteiger partial charge in [0, 0.05) is 8.04 Å². The van der Waals surface area contributed by atoms with E-state index in [0.29, 0.717) is 0 Å². The molecule has 2 aromatic rings. The number of halogens is 2. The molecule has 0 fully saturated rings. The van der Waals surface area contributed by atoms with Gasteiger partial charge in [0.25, 0.3) is 0 Å². The molecule has 78 valence electrons. The van der Waals surface area contributed by atoms with Gasteiger partial charge >= 0.3 is 0 Å². The highest BCUT2D eigenvalue weighted by atomic mass is 127. The topological polar surface area (TPSA) is 26.0 Å². The fourth-order valence-electron chi connectivity index (χ4n) is 1.38. The summed E-state index contributed by atoms with van der Waals surface area (Å²) in [4.78, 5) is 0. The van der Waals surface area contributed by atoms with Gasteiger partial charge in [0.15, 0.2) is 0 Å². The van der Waals surface area contributed by atoms with Crippen LogP contribution in [0, 0.1) is 3.57 Å². The first kappa shape index (κ1) is 11.6. The zero-order chi connectivity index (χ0) is 10.8. The summed E-state index contributed by atoms with van der Waals surface area (Å²) >= 11 is 7.51. The van der Waals surface area contributed by atoms with Crippen LogP contribution in [0.5, 0.6) is 0 Å². The van der Waals surface area contributed by atoms with Crippen LogP contribution < -0.4 is 5.73 Å². The van der Waals surface area contributed by atoms with Gasteiger partial charge in [-0.25, -0.2) is 0 Å². The summed E-state index contributed by atoms with van der Waals surface area (Å²) in [7, 11) is 0. The molecule has 0 saturated carbocycles. The van der Waals surface area contributed by atoms with E-state index in [1.165, 1.54) is 9.13 Å². The summed E-state index contributed by atoms with van der Waals surface area (Å²) in [6, 6.07) is 8.26. The van der Waals surface area contributed by atoms with Gasteiger partial charge in [-0.1, -0.05) is 15.9 Å². The van der Waals surface area contributed by atoms with E-state index in [1.54, 1.807) is 11.3 Å². The van der Waals surface area contributed by atoms with Gasteiger partial charge in [0.05, 0.1) is 6.04 Å². The molecule has 1 atom stereocenters. The lowest BCUT2D eigenvalue weighted by Crippen LogP contribution is -2.11. The van der Waals surface area contributed by atoms with Crippen LogP contribution in [-0.4, -0.2) is 0 Å². The number of thiophene rings is 1. The lowest BCUT2D eigenvalue weighted by Gasteiger charge is -2.12. The van der Waals surface area contributed by atoms with E-state index in [2.05, 4.69) is 67.5 Å². The van der Waals surface area contributed by atoms with Crippen molar-refractivity contribution >= 4 is 49.9 Å². The van der Waals surface area contributed by atoms with E-state index in [9.17, 15) is 0 Å². The highest BCUT2D eigenvalue weighted by Crippen LogP contribution is 2.29. The third kappa shape index (κ3) is 2.61. The van der Waals surface area contributed by atoms with Crippen molar-refractivity contribution in [1.29, 1.82) is 0 Å². The van der Waals surface area contributed by atoms with E-state index in [4.69, 9.17) is 5.73 Å². The fourth-order valence-corrected chi connectivity index (χ4v) is 3.09. The van der Waals surface area contributed by atoms with Crippen molar-refractivity contribution in [3.8, 4) is 0 Å². The van der Waals surface area contributed by atoms with E-state index in [1.807, 2.05) is 6.07 Å². The van der Waals surface area contributed by atoms with Crippen LogP contribution in [0.4, 0.5) is 0 Å². The normalized spacial score (nSPS) is 12.7. The first-order valence-electron chi connectivity index (χ1n) is 4.41. The first-order valence-corrected chi connectivity index (χ1v) is 7.22. The third-order valence-corrected chi connectivity index (χ3v) is 4.29. The van der Waals surface area contributed by atoms with Gasteiger partial charge in [-0.2, -0.15) is 11.3 Å². The van der Waals surface area contributed by atoms with Crippen molar-refractivity contribution in [3.63, 3.8) is 0 Å². The van der Waals surface area contributed by atoms with Crippen molar-refractivity contribution in [3.05, 3.63) is 54.2 Å². The Morgan fingerprint density at radius 1 is 1.33 bits per heavy atom. The molecule has 4 heteroatoms. The van der Waals surface area contributed by atoms with Crippen LogP contribution in [0.1, 0.15) is 17.2 Å². The fraction of sp³-hybridized carbons (Fsp3) is 0.0909. The molecule has 1 nitrogen and oxygen atoms in total. The maximum absolute atomic E-state index is 6.20. The molecule has 1 aromatic heterocycles. The molecule has 0 saturated heterocycles. The minimum absolute atomic E-state index is 0.0414. The molecule has 0 aliphatic heterocycles. The second-order valence-electron chi connectivity index (χ2n) is 3.20. The average molecular weight is 394 g/mol. The SMILES string of the molecule is NC(c1ccsc1)c1cc(I)ccc1Br. The monoisotopic (exact) mass is 393 g/mol. The molecular weight excluding hydrogens is 385 g/mol. The minimum Gasteiger partial charge on any atom is -0.320 e. The summed E-state index contributed by atoms with van der Waals surface area (Å²) in [5, 5.41) is 4.15. The van der Waals surface area contributed by atoms with Crippen molar-refractivity contribution in [1.82, 2.24) is 0 Å². The van der Waals surface area contributed by atoms with Crippen LogP contribution in [0.3, 0.4) is 0 Å². The van der Waals surface area contributed by atoms with Crippen molar-refractivity contribution in [2.24, 2.45) is 5.73 Å². The molecule has 0 amide bonds. The number of hydrogen-bond donors (Lipinski definition) is 1. The van der Waals surface area contributed by atoms with Crippen LogP contribution >= 0.6 is 49.9 Å². The van der Waals surface area contributed by atoms with E-state index in [0.717, 1.165) is 10.0 Å². The second-order valence-corrected chi connectivity index (χ2v) is 6.08. The molecule has 2 rings (SSSR count). The van der Waals surface area contributed by atoms with Crippen molar-refractivity contribution in [2.75, 3.05) is 0 Å². The molecule has 0 spiro atoms. The molecule has 2 N–H and O–H groups in total. The zero-order valence-corrected chi connectivity index (χ0v) is 12.3. The smallest absolute Gasteiger partial charge is 0.0571 e. The molecule has 0 aliphatic rings. The number of hydrogen-bond acceptors (Lipinski definition) is 2. The van der Waals surface area contributed by atoms with Gasteiger partial charge in [-0.05, 0) is 68.7 Å². The molecule has 15 heavy (non-hydrogen) atoms. The molecule has 1 unspecified atom stereocenters. The number of nitrogens with two attached hydrogens (primary N) is 1. The van der Waals surface area contributed by atoms with Gasteiger partial charge in [-0.3, -0.25) is 0 Å². The summed E-state index contributed by atoms with van der Waals surface area (Å²) in [6.45, 7) is 0.